The van der Waals surface area contributed by atoms with Gasteiger partial charge in [-0.1, -0.05) is 24.3 Å². The number of carbonyl (C=O) groups excluding carboxylic acids is 1. The van der Waals surface area contributed by atoms with E-state index in [1.807, 2.05) is 76.0 Å². The first-order valence-corrected chi connectivity index (χ1v) is 9.89. The molecule has 29 heavy (non-hydrogen) atoms. The van der Waals surface area contributed by atoms with Crippen molar-refractivity contribution in [2.45, 2.75) is 18.9 Å². The molecule has 146 valence electrons. The van der Waals surface area contributed by atoms with Crippen molar-refractivity contribution < 1.29 is 9.53 Å². The van der Waals surface area contributed by atoms with E-state index >= 15 is 0 Å². The molecule has 1 aliphatic rings. The molecule has 3 aromatic heterocycles. The predicted molar refractivity (Wildman–Crippen MR) is 111 cm³/mol. The summed E-state index contributed by atoms with van der Waals surface area (Å²) >= 11 is 0. The number of amides is 1. The molecule has 1 N–H and O–H groups in total. The smallest absolute Gasteiger partial charge is 0.253 e. The minimum absolute atomic E-state index is 0.0852. The second kappa shape index (κ2) is 7.56. The molecule has 1 saturated heterocycles. The summed E-state index contributed by atoms with van der Waals surface area (Å²) in [5.41, 5.74) is 4.25. The fourth-order valence-electron chi connectivity index (χ4n) is 3.84. The summed E-state index contributed by atoms with van der Waals surface area (Å²) in [6.07, 6.45) is 7.92. The third-order valence-electron chi connectivity index (χ3n) is 5.33. The molecule has 6 heteroatoms. The molecule has 0 bridgehead atoms. The lowest BCUT2D eigenvalue weighted by molar-refractivity contribution is 0.0859. The van der Waals surface area contributed by atoms with Gasteiger partial charge in [-0.25, -0.2) is 4.98 Å². The summed E-state index contributed by atoms with van der Waals surface area (Å²) in [5.74, 6) is -0.0852. The summed E-state index contributed by atoms with van der Waals surface area (Å²) in [7, 11) is 0. The molecular formula is C23H22N4O2. The number of imidazole rings is 1. The molecule has 1 fully saturated rings. The number of hydrogen-bond acceptors (Lipinski definition) is 3. The number of rotatable bonds is 5. The number of hydrogen-bond donors (Lipinski definition) is 1. The van der Waals surface area contributed by atoms with E-state index in [1.165, 1.54) is 0 Å². The van der Waals surface area contributed by atoms with E-state index < -0.39 is 0 Å². The number of para-hydroxylation sites is 1. The monoisotopic (exact) mass is 386 g/mol. The molecule has 1 aliphatic heterocycles. The highest BCUT2D eigenvalue weighted by molar-refractivity contribution is 6.02. The van der Waals surface area contributed by atoms with Crippen molar-refractivity contribution in [2.24, 2.45) is 0 Å². The van der Waals surface area contributed by atoms with Crippen molar-refractivity contribution in [3.63, 3.8) is 0 Å². The van der Waals surface area contributed by atoms with Crippen LogP contribution in [0.4, 0.5) is 0 Å². The van der Waals surface area contributed by atoms with Gasteiger partial charge in [0.1, 0.15) is 5.69 Å². The minimum Gasteiger partial charge on any atom is -0.376 e. The Balaban J connectivity index is 1.47. The van der Waals surface area contributed by atoms with Crippen LogP contribution in [-0.4, -0.2) is 39.1 Å². The fourth-order valence-corrected chi connectivity index (χ4v) is 3.84. The number of benzene rings is 1. The maximum absolute atomic E-state index is 12.9. The van der Waals surface area contributed by atoms with Gasteiger partial charge in [-0.3, -0.25) is 4.79 Å². The van der Waals surface area contributed by atoms with E-state index in [1.54, 1.807) is 6.33 Å². The third-order valence-corrected chi connectivity index (χ3v) is 5.33. The largest absolute Gasteiger partial charge is 0.376 e. The molecule has 0 saturated carbocycles. The SMILES string of the molecule is O=C(NCC1CCCO1)c1cc(-c2cn(-c3ccccc3)cn2)n2ccccc12. The molecule has 5 rings (SSSR count). The quantitative estimate of drug-likeness (QED) is 0.569. The Hall–Kier alpha value is -3.38. The summed E-state index contributed by atoms with van der Waals surface area (Å²) < 4.78 is 9.61. The summed E-state index contributed by atoms with van der Waals surface area (Å²) in [4.78, 5) is 17.5. The Morgan fingerprint density at radius 3 is 2.86 bits per heavy atom. The molecule has 1 aromatic carbocycles. The lowest BCUT2D eigenvalue weighted by Crippen LogP contribution is -2.31. The van der Waals surface area contributed by atoms with Crippen LogP contribution >= 0.6 is 0 Å². The van der Waals surface area contributed by atoms with Crippen LogP contribution in [0.5, 0.6) is 0 Å². The Labute approximate surface area is 168 Å². The standard InChI is InChI=1S/C23H22N4O2/c28-23(24-14-18-9-6-12-29-18)19-13-22(27-11-5-4-10-21(19)27)20-15-26(16-25-20)17-7-2-1-3-8-17/h1-5,7-8,10-11,13,15-16,18H,6,9,12,14H2,(H,24,28). The van der Waals surface area contributed by atoms with Gasteiger partial charge in [0.05, 0.1) is 29.2 Å². The Bertz CT molecular complexity index is 1140. The Kier molecular flexibility index (Phi) is 4.62. The Morgan fingerprint density at radius 1 is 1.17 bits per heavy atom. The Morgan fingerprint density at radius 2 is 2.03 bits per heavy atom. The van der Waals surface area contributed by atoms with Gasteiger partial charge in [0.2, 0.25) is 0 Å². The maximum Gasteiger partial charge on any atom is 0.253 e. The summed E-state index contributed by atoms with van der Waals surface area (Å²) in [6, 6.07) is 17.8. The van der Waals surface area contributed by atoms with Crippen molar-refractivity contribution in [3.05, 3.63) is 78.9 Å². The number of carbonyl (C=O) groups is 1. The van der Waals surface area contributed by atoms with E-state index in [0.29, 0.717) is 12.1 Å². The first-order chi connectivity index (χ1) is 14.3. The number of ether oxygens (including phenoxy) is 1. The van der Waals surface area contributed by atoms with E-state index in [-0.39, 0.29) is 12.0 Å². The van der Waals surface area contributed by atoms with Crippen LogP contribution in [0.15, 0.2) is 73.3 Å². The van der Waals surface area contributed by atoms with Gasteiger partial charge in [-0.2, -0.15) is 0 Å². The molecule has 0 spiro atoms. The average molecular weight is 386 g/mol. The van der Waals surface area contributed by atoms with Crippen LogP contribution in [0.25, 0.3) is 22.6 Å². The van der Waals surface area contributed by atoms with Crippen molar-refractivity contribution >= 4 is 11.4 Å². The van der Waals surface area contributed by atoms with Crippen molar-refractivity contribution in [2.75, 3.05) is 13.2 Å². The van der Waals surface area contributed by atoms with Crippen molar-refractivity contribution in [1.29, 1.82) is 0 Å². The zero-order valence-electron chi connectivity index (χ0n) is 16.0. The number of pyridine rings is 1. The van der Waals surface area contributed by atoms with Crippen molar-refractivity contribution in [1.82, 2.24) is 19.3 Å². The van der Waals surface area contributed by atoms with E-state index in [2.05, 4.69) is 10.3 Å². The van der Waals surface area contributed by atoms with E-state index in [4.69, 9.17) is 4.74 Å². The average Bonchev–Trinajstić information content (AvgIpc) is 3.52. The topological polar surface area (TPSA) is 60.6 Å². The molecule has 4 heterocycles. The van der Waals surface area contributed by atoms with Crippen LogP contribution < -0.4 is 5.32 Å². The lowest BCUT2D eigenvalue weighted by Gasteiger charge is -2.10. The molecule has 1 unspecified atom stereocenters. The maximum atomic E-state index is 12.9. The van der Waals surface area contributed by atoms with Gasteiger partial charge < -0.3 is 19.0 Å². The zero-order chi connectivity index (χ0) is 19.6. The van der Waals surface area contributed by atoms with Crippen LogP contribution in [0.3, 0.4) is 0 Å². The third kappa shape index (κ3) is 3.43. The summed E-state index contributed by atoms with van der Waals surface area (Å²) in [5, 5.41) is 3.03. The highest BCUT2D eigenvalue weighted by Gasteiger charge is 2.20. The van der Waals surface area contributed by atoms with E-state index in [9.17, 15) is 4.79 Å². The van der Waals surface area contributed by atoms with Gasteiger partial charge in [-0.15, -0.1) is 0 Å². The highest BCUT2D eigenvalue weighted by Crippen LogP contribution is 2.26. The number of nitrogens with one attached hydrogen (secondary N) is 1. The van der Waals surface area contributed by atoms with Gasteiger partial charge in [-0.05, 0) is 43.2 Å². The van der Waals surface area contributed by atoms with Crippen LogP contribution in [0.1, 0.15) is 23.2 Å². The molecule has 6 nitrogen and oxygen atoms in total. The normalized spacial score (nSPS) is 16.3. The summed E-state index contributed by atoms with van der Waals surface area (Å²) in [6.45, 7) is 1.32. The highest BCUT2D eigenvalue weighted by atomic mass is 16.5. The van der Waals surface area contributed by atoms with Crippen LogP contribution in [0.2, 0.25) is 0 Å². The molecule has 0 radical (unpaired) electrons. The van der Waals surface area contributed by atoms with Gasteiger partial charge in [0.15, 0.2) is 0 Å². The predicted octanol–water partition coefficient (Wildman–Crippen LogP) is 3.70. The van der Waals surface area contributed by atoms with Gasteiger partial charge in [0, 0.05) is 31.2 Å². The molecule has 0 aliphatic carbocycles. The minimum atomic E-state index is -0.0852. The fraction of sp³-hybridized carbons (Fsp3) is 0.217. The molecule has 1 atom stereocenters. The second-order valence-corrected chi connectivity index (χ2v) is 7.25. The molecule has 4 aromatic rings. The van der Waals surface area contributed by atoms with Gasteiger partial charge >= 0.3 is 0 Å². The first-order valence-electron chi connectivity index (χ1n) is 9.89. The zero-order valence-corrected chi connectivity index (χ0v) is 16.0. The first kappa shape index (κ1) is 17.7. The number of aromatic nitrogens is 3. The lowest BCUT2D eigenvalue weighted by atomic mass is 10.2. The van der Waals surface area contributed by atoms with E-state index in [0.717, 1.165) is 42.0 Å². The number of fused-ring (bicyclic) bond motifs is 1. The molecule has 1 amide bonds. The van der Waals surface area contributed by atoms with Crippen LogP contribution in [0, 0.1) is 0 Å². The van der Waals surface area contributed by atoms with Gasteiger partial charge in [0.25, 0.3) is 5.91 Å². The molecular weight excluding hydrogens is 364 g/mol. The van der Waals surface area contributed by atoms with Crippen molar-refractivity contribution in [3.8, 4) is 17.1 Å². The van der Waals surface area contributed by atoms with Crippen LogP contribution in [-0.2, 0) is 4.74 Å². The second-order valence-electron chi connectivity index (χ2n) is 7.25. The number of nitrogens with zero attached hydrogens (tertiary/aromatic N) is 3.